The van der Waals surface area contributed by atoms with E-state index in [1.807, 2.05) is 38.1 Å². The Morgan fingerprint density at radius 3 is 2.53 bits per heavy atom. The lowest BCUT2D eigenvalue weighted by Crippen LogP contribution is -2.22. The summed E-state index contributed by atoms with van der Waals surface area (Å²) in [5, 5.41) is 10.4. The number of benzene rings is 1. The highest BCUT2D eigenvalue weighted by molar-refractivity contribution is 5.96. The number of anilines is 4. The van der Waals surface area contributed by atoms with Crippen LogP contribution in [0.3, 0.4) is 0 Å². The number of carbonyl (C=O) groups is 1. The number of nitrogens with zero attached hydrogens (tertiary/aromatic N) is 3. The highest BCUT2D eigenvalue weighted by Crippen LogP contribution is 2.26. The molecule has 4 aromatic rings. The van der Waals surface area contributed by atoms with Crippen molar-refractivity contribution >= 4 is 39.8 Å². The number of aryl methyl sites for hydroxylation is 2. The molecular formula is C24H24N6O2. The van der Waals surface area contributed by atoms with Crippen LogP contribution in [0.15, 0.2) is 65.7 Å². The third-order valence-corrected chi connectivity index (χ3v) is 4.98. The maximum absolute atomic E-state index is 12.9. The Balaban J connectivity index is 1.73. The van der Waals surface area contributed by atoms with E-state index in [1.54, 1.807) is 43.7 Å². The quantitative estimate of drug-likeness (QED) is 0.431. The van der Waals surface area contributed by atoms with Crippen LogP contribution in [0.4, 0.5) is 23.1 Å². The Hall–Kier alpha value is -4.20. The Labute approximate surface area is 185 Å². The maximum Gasteiger partial charge on any atom is 0.261 e. The van der Waals surface area contributed by atoms with E-state index in [4.69, 9.17) is 0 Å². The molecule has 0 fully saturated rings. The van der Waals surface area contributed by atoms with Gasteiger partial charge in [0.05, 0.1) is 5.39 Å². The van der Waals surface area contributed by atoms with Gasteiger partial charge in [-0.25, -0.2) is 9.97 Å². The van der Waals surface area contributed by atoms with Crippen molar-refractivity contribution in [2.24, 2.45) is 7.05 Å². The number of aromatic nitrogens is 3. The second-order valence-corrected chi connectivity index (χ2v) is 7.46. The van der Waals surface area contributed by atoms with E-state index < -0.39 is 0 Å². The van der Waals surface area contributed by atoms with Gasteiger partial charge in [-0.05, 0) is 73.3 Å². The van der Waals surface area contributed by atoms with E-state index in [0.717, 1.165) is 10.9 Å². The fraction of sp³-hybridized carbons (Fsp3) is 0.167. The first kappa shape index (κ1) is 21.0. The predicted octanol–water partition coefficient (Wildman–Crippen LogP) is 3.87. The van der Waals surface area contributed by atoms with E-state index in [-0.39, 0.29) is 11.5 Å². The van der Waals surface area contributed by atoms with Crippen LogP contribution in [0, 0.1) is 6.92 Å². The normalized spacial score (nSPS) is 10.7. The van der Waals surface area contributed by atoms with Crippen molar-refractivity contribution < 1.29 is 4.79 Å². The first-order valence-electron chi connectivity index (χ1n) is 10.3. The SMILES string of the molecule is CCNC(=O)c1ccc(Nc2nc(Nc3cc(C)ccn3)cc3ccn(C)c(=O)c23)cc1. The number of hydrogen-bond acceptors (Lipinski definition) is 6. The van der Waals surface area contributed by atoms with Gasteiger partial charge in [0, 0.05) is 37.2 Å². The monoisotopic (exact) mass is 428 g/mol. The van der Waals surface area contributed by atoms with Crippen LogP contribution in [-0.4, -0.2) is 27.0 Å². The van der Waals surface area contributed by atoms with Gasteiger partial charge in [-0.1, -0.05) is 0 Å². The summed E-state index contributed by atoms with van der Waals surface area (Å²) in [5.41, 5.74) is 2.19. The lowest BCUT2D eigenvalue weighted by atomic mass is 10.1. The number of amides is 1. The molecule has 0 radical (unpaired) electrons. The van der Waals surface area contributed by atoms with Crippen LogP contribution in [0.5, 0.6) is 0 Å². The van der Waals surface area contributed by atoms with E-state index in [0.29, 0.717) is 40.6 Å². The molecule has 0 bridgehead atoms. The average molecular weight is 428 g/mol. The standard InChI is InChI=1S/C24H24N6O2/c1-4-25-23(31)16-5-7-18(8-6-16)27-22-21-17(10-12-30(3)24(21)32)14-20(29-22)28-19-13-15(2)9-11-26-19/h5-14H,4H2,1-3H3,(H,25,31)(H2,26,27,28,29). The minimum atomic E-state index is -0.156. The topological polar surface area (TPSA) is 101 Å². The van der Waals surface area contributed by atoms with E-state index in [9.17, 15) is 9.59 Å². The molecule has 0 saturated carbocycles. The zero-order valence-electron chi connectivity index (χ0n) is 18.1. The summed E-state index contributed by atoms with van der Waals surface area (Å²) in [6.07, 6.45) is 3.45. The van der Waals surface area contributed by atoms with Crippen LogP contribution >= 0.6 is 0 Å². The van der Waals surface area contributed by atoms with Crippen molar-refractivity contribution in [2.45, 2.75) is 13.8 Å². The largest absolute Gasteiger partial charge is 0.352 e. The van der Waals surface area contributed by atoms with Crippen molar-refractivity contribution in [1.29, 1.82) is 0 Å². The molecule has 0 aliphatic carbocycles. The number of carbonyl (C=O) groups excluding carboxylic acids is 1. The van der Waals surface area contributed by atoms with Gasteiger partial charge < -0.3 is 20.5 Å². The van der Waals surface area contributed by atoms with Crippen molar-refractivity contribution in [2.75, 3.05) is 17.2 Å². The molecule has 8 nitrogen and oxygen atoms in total. The number of nitrogens with one attached hydrogen (secondary N) is 3. The van der Waals surface area contributed by atoms with Crippen molar-refractivity contribution in [1.82, 2.24) is 19.9 Å². The molecule has 4 rings (SSSR count). The van der Waals surface area contributed by atoms with Crippen molar-refractivity contribution in [3.63, 3.8) is 0 Å². The molecule has 0 saturated heterocycles. The number of fused-ring (bicyclic) bond motifs is 1. The molecule has 32 heavy (non-hydrogen) atoms. The molecule has 3 N–H and O–H groups in total. The second kappa shape index (κ2) is 8.89. The van der Waals surface area contributed by atoms with Crippen LogP contribution in [0.1, 0.15) is 22.8 Å². The zero-order valence-corrected chi connectivity index (χ0v) is 18.1. The molecule has 8 heteroatoms. The van der Waals surface area contributed by atoms with E-state index in [2.05, 4.69) is 25.9 Å². The van der Waals surface area contributed by atoms with Gasteiger partial charge in [0.15, 0.2) is 0 Å². The van der Waals surface area contributed by atoms with Gasteiger partial charge in [0.25, 0.3) is 11.5 Å². The first-order chi connectivity index (χ1) is 15.4. The molecule has 0 spiro atoms. The molecule has 3 aromatic heterocycles. The van der Waals surface area contributed by atoms with Gasteiger partial charge in [-0.15, -0.1) is 0 Å². The van der Waals surface area contributed by atoms with Crippen LogP contribution in [0.2, 0.25) is 0 Å². The summed E-state index contributed by atoms with van der Waals surface area (Å²) in [6.45, 7) is 4.42. The minimum absolute atomic E-state index is 0.131. The molecular weight excluding hydrogens is 404 g/mol. The van der Waals surface area contributed by atoms with E-state index >= 15 is 0 Å². The number of hydrogen-bond donors (Lipinski definition) is 3. The molecule has 1 amide bonds. The first-order valence-corrected chi connectivity index (χ1v) is 10.3. The average Bonchev–Trinajstić information content (AvgIpc) is 2.77. The Morgan fingerprint density at radius 2 is 1.81 bits per heavy atom. The third-order valence-electron chi connectivity index (χ3n) is 4.98. The summed E-state index contributed by atoms with van der Waals surface area (Å²) in [4.78, 5) is 33.9. The number of pyridine rings is 3. The van der Waals surface area contributed by atoms with Gasteiger partial charge in [0.2, 0.25) is 0 Å². The molecule has 0 unspecified atom stereocenters. The van der Waals surface area contributed by atoms with Crippen LogP contribution in [0.25, 0.3) is 10.8 Å². The van der Waals surface area contributed by atoms with Crippen molar-refractivity contribution in [3.05, 3.63) is 82.4 Å². The molecule has 3 heterocycles. The van der Waals surface area contributed by atoms with Crippen LogP contribution in [-0.2, 0) is 7.05 Å². The Bertz CT molecular complexity index is 1350. The lowest BCUT2D eigenvalue weighted by Gasteiger charge is -2.13. The van der Waals surface area contributed by atoms with E-state index in [1.165, 1.54) is 4.57 Å². The highest BCUT2D eigenvalue weighted by atomic mass is 16.1. The maximum atomic E-state index is 12.9. The fourth-order valence-corrected chi connectivity index (χ4v) is 3.35. The summed E-state index contributed by atoms with van der Waals surface area (Å²) < 4.78 is 1.52. The summed E-state index contributed by atoms with van der Waals surface area (Å²) >= 11 is 0. The summed E-state index contributed by atoms with van der Waals surface area (Å²) in [7, 11) is 1.70. The smallest absolute Gasteiger partial charge is 0.261 e. The third kappa shape index (κ3) is 4.44. The zero-order chi connectivity index (χ0) is 22.7. The molecule has 0 aliphatic heterocycles. The molecule has 162 valence electrons. The molecule has 1 aromatic carbocycles. The van der Waals surface area contributed by atoms with Crippen molar-refractivity contribution in [3.8, 4) is 0 Å². The Kier molecular flexibility index (Phi) is 5.85. The summed E-state index contributed by atoms with van der Waals surface area (Å²) in [5.74, 6) is 1.51. The lowest BCUT2D eigenvalue weighted by molar-refractivity contribution is 0.0956. The van der Waals surface area contributed by atoms with Gasteiger partial charge in [0.1, 0.15) is 17.5 Å². The second-order valence-electron chi connectivity index (χ2n) is 7.46. The van der Waals surface area contributed by atoms with Gasteiger partial charge in [-0.2, -0.15) is 0 Å². The predicted molar refractivity (Wildman–Crippen MR) is 127 cm³/mol. The van der Waals surface area contributed by atoms with Gasteiger partial charge >= 0.3 is 0 Å². The number of rotatable bonds is 6. The fourth-order valence-electron chi connectivity index (χ4n) is 3.35. The minimum Gasteiger partial charge on any atom is -0.352 e. The molecule has 0 atom stereocenters. The van der Waals surface area contributed by atoms with Gasteiger partial charge in [-0.3, -0.25) is 9.59 Å². The van der Waals surface area contributed by atoms with Crippen LogP contribution < -0.4 is 21.5 Å². The summed E-state index contributed by atoms with van der Waals surface area (Å²) in [6, 6.07) is 14.6. The highest BCUT2D eigenvalue weighted by Gasteiger charge is 2.13. The Morgan fingerprint density at radius 1 is 1.03 bits per heavy atom. The molecule has 0 aliphatic rings.